The number of dihydropyridines is 1. The number of carbonyl (C=O) groups is 1. The van der Waals surface area contributed by atoms with E-state index in [2.05, 4.69) is 26.7 Å². The van der Waals surface area contributed by atoms with Crippen molar-refractivity contribution in [2.45, 2.75) is 52.6 Å². The Balaban J connectivity index is 3.31. The lowest BCUT2D eigenvalue weighted by atomic mass is 10.0. The van der Waals surface area contributed by atoms with Crippen LogP contribution >= 0.6 is 0 Å². The van der Waals surface area contributed by atoms with Crippen molar-refractivity contribution >= 4 is 28.0 Å². The minimum atomic E-state index is -3.42. The van der Waals surface area contributed by atoms with Gasteiger partial charge in [0, 0.05) is 51.8 Å². The van der Waals surface area contributed by atoms with Gasteiger partial charge in [0.15, 0.2) is 0 Å². The van der Waals surface area contributed by atoms with Crippen LogP contribution in [0.25, 0.3) is 0 Å². The number of amidine groups is 1. The molecular weight excluding hydrogens is 458 g/mol. The Morgan fingerprint density at radius 1 is 1.32 bits per heavy atom. The van der Waals surface area contributed by atoms with Crippen LogP contribution in [0, 0.1) is 11.8 Å². The van der Waals surface area contributed by atoms with E-state index < -0.39 is 21.7 Å². The fourth-order valence-corrected chi connectivity index (χ4v) is 3.97. The Labute approximate surface area is 204 Å². The van der Waals surface area contributed by atoms with Crippen molar-refractivity contribution in [1.82, 2.24) is 25.1 Å². The first-order valence-corrected chi connectivity index (χ1v) is 12.9. The molecule has 0 aliphatic carbocycles. The number of nitrogens with one attached hydrogen (secondary N) is 2. The Morgan fingerprint density at radius 2 is 1.91 bits per heavy atom. The maximum absolute atomic E-state index is 13.3. The summed E-state index contributed by atoms with van der Waals surface area (Å²) in [6, 6.07) is 0. The number of carbonyl (C=O) groups excluding carboxylic acids is 1. The molecule has 0 bridgehead atoms. The molecule has 1 aliphatic rings. The lowest BCUT2D eigenvalue weighted by Gasteiger charge is -2.37. The normalized spacial score (nSPS) is 20.9. The molecule has 0 aromatic heterocycles. The van der Waals surface area contributed by atoms with Crippen molar-refractivity contribution in [3.8, 4) is 0 Å². The Morgan fingerprint density at radius 3 is 2.35 bits per heavy atom. The van der Waals surface area contributed by atoms with Crippen molar-refractivity contribution < 1.29 is 17.9 Å². The summed E-state index contributed by atoms with van der Waals surface area (Å²) in [6.45, 7) is 13.4. The van der Waals surface area contributed by atoms with Crippen LogP contribution in [0.2, 0.25) is 0 Å². The molecule has 12 heteroatoms. The summed E-state index contributed by atoms with van der Waals surface area (Å²) >= 11 is 0. The zero-order valence-electron chi connectivity index (χ0n) is 22.0. The summed E-state index contributed by atoms with van der Waals surface area (Å²) < 4.78 is 31.2. The number of hydrazone groups is 1. The number of aliphatic imine (C=N–C) groups is 1. The molecule has 1 aliphatic heterocycles. The Bertz CT molecular complexity index is 924. The van der Waals surface area contributed by atoms with E-state index in [9.17, 15) is 13.2 Å². The molecule has 0 radical (unpaired) electrons. The molecule has 194 valence electrons. The van der Waals surface area contributed by atoms with Crippen LogP contribution in [0.3, 0.4) is 0 Å². The molecule has 0 spiro atoms. The summed E-state index contributed by atoms with van der Waals surface area (Å²) in [4.78, 5) is 19.4. The standard InChI is InChI=1S/C22H41N7O4S/c1-12-15(2)21(33-10)28(8)29(9)25-19(20(30)24-22(4,5)6)27(7)18-16(3)13-17(14-23-18)26-34(11,31)32/h12-16,18,21,26H,1H2,2-11H3,(H,24,30)/b25-19-. The molecule has 0 aromatic rings. The van der Waals surface area contributed by atoms with E-state index in [1.165, 1.54) is 6.21 Å². The fourth-order valence-electron chi connectivity index (χ4n) is 3.43. The monoisotopic (exact) mass is 499 g/mol. The van der Waals surface area contributed by atoms with Crippen LogP contribution in [-0.4, -0.2) is 93.8 Å². The highest BCUT2D eigenvalue weighted by Gasteiger charge is 2.32. The maximum Gasteiger partial charge on any atom is 0.289 e. The van der Waals surface area contributed by atoms with Crippen molar-refractivity contribution in [3.63, 3.8) is 0 Å². The van der Waals surface area contributed by atoms with Crippen molar-refractivity contribution in [3.05, 3.63) is 24.4 Å². The summed E-state index contributed by atoms with van der Waals surface area (Å²) in [5.74, 6) is -0.423. The maximum atomic E-state index is 13.3. The van der Waals surface area contributed by atoms with Crippen LogP contribution in [0.5, 0.6) is 0 Å². The lowest BCUT2D eigenvalue weighted by molar-refractivity contribution is -0.142. The third-order valence-corrected chi connectivity index (χ3v) is 5.74. The predicted molar refractivity (Wildman–Crippen MR) is 136 cm³/mol. The van der Waals surface area contributed by atoms with Crippen LogP contribution in [-0.2, 0) is 19.6 Å². The van der Waals surface area contributed by atoms with E-state index in [0.29, 0.717) is 5.70 Å². The summed E-state index contributed by atoms with van der Waals surface area (Å²) in [7, 11) is 3.45. The second kappa shape index (κ2) is 11.8. The zero-order valence-corrected chi connectivity index (χ0v) is 22.8. The van der Waals surface area contributed by atoms with E-state index >= 15 is 0 Å². The minimum absolute atomic E-state index is 0.00565. The van der Waals surface area contributed by atoms with Gasteiger partial charge in [-0.2, -0.15) is 5.01 Å². The molecule has 34 heavy (non-hydrogen) atoms. The van der Waals surface area contributed by atoms with Gasteiger partial charge in [-0.25, -0.2) is 13.5 Å². The number of amides is 1. The number of allylic oxidation sites excluding steroid dienone is 1. The highest BCUT2D eigenvalue weighted by Crippen LogP contribution is 2.20. The van der Waals surface area contributed by atoms with Crippen LogP contribution < -0.4 is 10.0 Å². The molecule has 0 saturated carbocycles. The van der Waals surface area contributed by atoms with Gasteiger partial charge in [-0.1, -0.05) is 26.0 Å². The smallest absolute Gasteiger partial charge is 0.289 e. The molecule has 0 aromatic carbocycles. The number of methoxy groups -OCH3 is 1. The van der Waals surface area contributed by atoms with Gasteiger partial charge in [-0.3, -0.25) is 14.5 Å². The zero-order chi connectivity index (χ0) is 26.4. The molecule has 4 atom stereocenters. The van der Waals surface area contributed by atoms with Gasteiger partial charge in [0.05, 0.1) is 12.0 Å². The largest absolute Gasteiger partial charge is 0.364 e. The number of likely N-dealkylation sites (N-methyl/N-ethyl adjacent to an activating group) is 1. The van der Waals surface area contributed by atoms with Crippen LogP contribution in [0.4, 0.5) is 0 Å². The number of hydrazine groups is 1. The Hall–Kier alpha value is -2.44. The molecule has 1 amide bonds. The number of rotatable bonds is 9. The number of sulfonamides is 1. The lowest BCUT2D eigenvalue weighted by Crippen LogP contribution is -2.54. The predicted octanol–water partition coefficient (Wildman–Crippen LogP) is 1.20. The molecule has 0 fully saturated rings. The summed E-state index contributed by atoms with van der Waals surface area (Å²) in [6.07, 6.45) is 5.26. The SMILES string of the molecule is C=CC(C)C(OC)N(C)N(C)/N=C(/C(=O)NC(C)(C)C)N(C)C1N=CC(NS(C)(=O)=O)=CC1C. The van der Waals surface area contributed by atoms with Crippen LogP contribution in [0.15, 0.2) is 34.5 Å². The van der Waals surface area contributed by atoms with Gasteiger partial charge < -0.3 is 15.0 Å². The molecule has 1 heterocycles. The topological polar surface area (TPSA) is 119 Å². The van der Waals surface area contributed by atoms with E-state index in [1.54, 1.807) is 48.4 Å². The minimum Gasteiger partial charge on any atom is -0.364 e. The first-order chi connectivity index (χ1) is 15.5. The van der Waals surface area contributed by atoms with Gasteiger partial charge in [0.25, 0.3) is 5.91 Å². The third kappa shape index (κ3) is 8.73. The van der Waals surface area contributed by atoms with Crippen molar-refractivity contribution in [2.24, 2.45) is 21.9 Å². The highest BCUT2D eigenvalue weighted by atomic mass is 32.2. The molecule has 4 unspecified atom stereocenters. The second-order valence-corrected chi connectivity index (χ2v) is 11.3. The first-order valence-electron chi connectivity index (χ1n) is 11.0. The first kappa shape index (κ1) is 29.6. The highest BCUT2D eigenvalue weighted by molar-refractivity contribution is 7.88. The Kier molecular flexibility index (Phi) is 10.3. The number of nitrogens with zero attached hydrogens (tertiary/aromatic N) is 5. The van der Waals surface area contributed by atoms with Gasteiger partial charge in [-0.15, -0.1) is 11.7 Å². The quantitative estimate of drug-likeness (QED) is 0.161. The fraction of sp³-hybridized carbons (Fsp3) is 0.682. The van der Waals surface area contributed by atoms with Gasteiger partial charge >= 0.3 is 0 Å². The summed E-state index contributed by atoms with van der Waals surface area (Å²) in [5.41, 5.74) is -0.0979. The molecule has 11 nitrogen and oxygen atoms in total. The second-order valence-electron chi connectivity index (χ2n) is 9.57. The van der Waals surface area contributed by atoms with E-state index in [4.69, 9.17) is 4.74 Å². The van der Waals surface area contributed by atoms with Gasteiger partial charge in [0.2, 0.25) is 15.9 Å². The van der Waals surface area contributed by atoms with E-state index in [-0.39, 0.29) is 29.8 Å². The summed E-state index contributed by atoms with van der Waals surface area (Å²) in [5, 5.41) is 10.9. The van der Waals surface area contributed by atoms with Crippen LogP contribution in [0.1, 0.15) is 34.6 Å². The van der Waals surface area contributed by atoms with Crippen molar-refractivity contribution in [2.75, 3.05) is 34.5 Å². The average molecular weight is 500 g/mol. The molecule has 1 rings (SSSR count). The van der Waals surface area contributed by atoms with Gasteiger partial charge in [-0.05, 0) is 20.8 Å². The molecule has 0 saturated heterocycles. The molecular formula is C22H41N7O4S. The third-order valence-electron chi connectivity index (χ3n) is 5.13. The number of hydrogen-bond donors (Lipinski definition) is 2. The number of hydrogen-bond acceptors (Lipinski definition) is 8. The number of ether oxygens (including phenoxy) is 1. The van der Waals surface area contributed by atoms with E-state index in [1.807, 2.05) is 41.7 Å². The van der Waals surface area contributed by atoms with E-state index in [0.717, 1.165) is 6.26 Å². The van der Waals surface area contributed by atoms with Crippen molar-refractivity contribution in [1.29, 1.82) is 0 Å². The van der Waals surface area contributed by atoms with Gasteiger partial charge in [0.1, 0.15) is 12.4 Å². The molecule has 2 N–H and O–H groups in total. The average Bonchev–Trinajstić information content (AvgIpc) is 2.69.